The van der Waals surface area contributed by atoms with Gasteiger partial charge >= 0.3 is 0 Å². The minimum atomic E-state index is -0.192. The molecule has 0 saturated heterocycles. The number of hydrogen-bond acceptors (Lipinski definition) is 0. The van der Waals surface area contributed by atoms with E-state index in [1.807, 2.05) is 12.1 Å². The zero-order valence-corrected chi connectivity index (χ0v) is 14.5. The Hall–Kier alpha value is -0.670. The molecule has 0 radical (unpaired) electrons. The van der Waals surface area contributed by atoms with E-state index in [1.54, 1.807) is 0 Å². The van der Waals surface area contributed by atoms with Crippen molar-refractivity contribution in [2.45, 2.75) is 18.8 Å². The highest BCUT2D eigenvalue weighted by Crippen LogP contribution is 2.33. The second kappa shape index (κ2) is 6.86. The third-order valence-corrected chi connectivity index (χ3v) is 5.74. The zero-order valence-electron chi connectivity index (χ0n) is 11.4. The number of hydrogen-bond donors (Lipinski definition) is 0. The van der Waals surface area contributed by atoms with Gasteiger partial charge < -0.3 is 0 Å². The lowest BCUT2D eigenvalue weighted by Crippen LogP contribution is -2.33. The lowest BCUT2D eigenvalue weighted by atomic mass is 9.79. The van der Waals surface area contributed by atoms with E-state index in [0.717, 1.165) is 22.6 Å². The van der Waals surface area contributed by atoms with E-state index in [0.29, 0.717) is 0 Å². The van der Waals surface area contributed by atoms with Crippen LogP contribution in [-0.2, 0) is 11.8 Å². The Morgan fingerprint density at radius 2 is 1.65 bits per heavy atom. The summed E-state index contributed by atoms with van der Waals surface area (Å²) in [5, 5.41) is 1.65. The van der Waals surface area contributed by atoms with Gasteiger partial charge in [-0.1, -0.05) is 73.8 Å². The molecule has 0 N–H and O–H groups in total. The standard InChI is InChI=1S/C17H17Br2F/c1-13-3-2-4-14(9-13)10-17(11-18,12-19)15-5-7-16(20)8-6-15/h2-9H,10-12H2,1H3. The minimum absolute atomic E-state index is 0.0680. The largest absolute Gasteiger partial charge is 0.207 e. The Morgan fingerprint density at radius 3 is 2.20 bits per heavy atom. The van der Waals surface area contributed by atoms with E-state index >= 15 is 0 Å². The summed E-state index contributed by atoms with van der Waals surface area (Å²) < 4.78 is 13.1. The van der Waals surface area contributed by atoms with Gasteiger partial charge in [0, 0.05) is 16.1 Å². The van der Waals surface area contributed by atoms with Crippen molar-refractivity contribution in [1.29, 1.82) is 0 Å². The van der Waals surface area contributed by atoms with Gasteiger partial charge in [-0.25, -0.2) is 4.39 Å². The molecule has 0 aliphatic carbocycles. The number of aryl methyl sites for hydroxylation is 1. The van der Waals surface area contributed by atoms with Crippen LogP contribution >= 0.6 is 31.9 Å². The van der Waals surface area contributed by atoms with Gasteiger partial charge in [0.15, 0.2) is 0 Å². The van der Waals surface area contributed by atoms with E-state index in [2.05, 4.69) is 63.0 Å². The molecule has 20 heavy (non-hydrogen) atoms. The molecule has 2 aromatic rings. The van der Waals surface area contributed by atoms with Gasteiger partial charge in [-0.3, -0.25) is 0 Å². The second-order valence-corrected chi connectivity index (χ2v) is 6.34. The summed E-state index contributed by atoms with van der Waals surface area (Å²) >= 11 is 7.28. The molecule has 0 amide bonds. The third kappa shape index (κ3) is 3.50. The quantitative estimate of drug-likeness (QED) is 0.590. The molecule has 0 bridgehead atoms. The van der Waals surface area contributed by atoms with Crippen molar-refractivity contribution in [2.24, 2.45) is 0 Å². The monoisotopic (exact) mass is 398 g/mol. The molecule has 0 unspecified atom stereocenters. The molecule has 2 aromatic carbocycles. The normalized spacial score (nSPS) is 11.6. The van der Waals surface area contributed by atoms with Crippen LogP contribution in [-0.4, -0.2) is 10.7 Å². The van der Waals surface area contributed by atoms with Gasteiger partial charge in [-0.15, -0.1) is 0 Å². The first kappa shape index (κ1) is 15.7. The fourth-order valence-electron chi connectivity index (χ4n) is 2.40. The maximum Gasteiger partial charge on any atom is 0.123 e. The van der Waals surface area contributed by atoms with Crippen molar-refractivity contribution in [2.75, 3.05) is 10.7 Å². The predicted molar refractivity (Wildman–Crippen MR) is 90.5 cm³/mol. The average molecular weight is 400 g/mol. The number of rotatable bonds is 5. The molecule has 0 aliphatic rings. The molecule has 0 nitrogen and oxygen atoms in total. The molecular formula is C17H17Br2F. The van der Waals surface area contributed by atoms with Crippen LogP contribution in [0.5, 0.6) is 0 Å². The predicted octanol–water partition coefficient (Wildman–Crippen LogP) is 5.40. The SMILES string of the molecule is Cc1cccc(CC(CBr)(CBr)c2ccc(F)cc2)c1. The summed E-state index contributed by atoms with van der Waals surface area (Å²) in [6, 6.07) is 15.4. The highest BCUT2D eigenvalue weighted by atomic mass is 79.9. The smallest absolute Gasteiger partial charge is 0.123 e. The molecular weight excluding hydrogens is 383 g/mol. The van der Waals surface area contributed by atoms with Crippen LogP contribution in [0.1, 0.15) is 16.7 Å². The Kier molecular flexibility index (Phi) is 5.39. The number of alkyl halides is 2. The fourth-order valence-corrected chi connectivity index (χ4v) is 4.38. The van der Waals surface area contributed by atoms with Crippen molar-refractivity contribution < 1.29 is 4.39 Å². The van der Waals surface area contributed by atoms with E-state index in [1.165, 1.54) is 23.3 Å². The molecule has 0 heterocycles. The summed E-state index contributed by atoms with van der Waals surface area (Å²) in [6.45, 7) is 2.10. The fraction of sp³-hybridized carbons (Fsp3) is 0.294. The van der Waals surface area contributed by atoms with Gasteiger partial charge in [0.05, 0.1) is 0 Å². The third-order valence-electron chi connectivity index (χ3n) is 3.59. The van der Waals surface area contributed by atoms with Gasteiger partial charge in [-0.2, -0.15) is 0 Å². The molecule has 0 aliphatic heterocycles. The first-order chi connectivity index (χ1) is 9.59. The van der Waals surface area contributed by atoms with Crippen molar-refractivity contribution >= 4 is 31.9 Å². The summed E-state index contributed by atoms with van der Waals surface area (Å²) in [6.07, 6.45) is 0.914. The van der Waals surface area contributed by atoms with Crippen LogP contribution in [0, 0.1) is 12.7 Å². The van der Waals surface area contributed by atoms with Crippen molar-refractivity contribution in [3.05, 3.63) is 71.0 Å². The summed E-state index contributed by atoms with van der Waals surface area (Å²) in [5.74, 6) is -0.192. The van der Waals surface area contributed by atoms with Crippen molar-refractivity contribution in [1.82, 2.24) is 0 Å². The number of benzene rings is 2. The van der Waals surface area contributed by atoms with Crippen LogP contribution in [0.25, 0.3) is 0 Å². The highest BCUT2D eigenvalue weighted by Gasteiger charge is 2.30. The molecule has 0 aromatic heterocycles. The zero-order chi connectivity index (χ0) is 14.6. The van der Waals surface area contributed by atoms with E-state index < -0.39 is 0 Å². The molecule has 0 atom stereocenters. The van der Waals surface area contributed by atoms with Gasteiger partial charge in [-0.05, 0) is 36.6 Å². The second-order valence-electron chi connectivity index (χ2n) is 5.22. The Balaban J connectivity index is 2.36. The van der Waals surface area contributed by atoms with Crippen LogP contribution in [0.3, 0.4) is 0 Å². The van der Waals surface area contributed by atoms with Gasteiger partial charge in [0.2, 0.25) is 0 Å². The van der Waals surface area contributed by atoms with Crippen LogP contribution in [0.2, 0.25) is 0 Å². The summed E-state index contributed by atoms with van der Waals surface area (Å²) in [7, 11) is 0. The molecule has 2 rings (SSSR count). The molecule has 0 fully saturated rings. The van der Waals surface area contributed by atoms with Gasteiger partial charge in [0.1, 0.15) is 5.82 Å². The molecule has 3 heteroatoms. The summed E-state index contributed by atoms with van der Waals surface area (Å²) in [4.78, 5) is 0. The lowest BCUT2D eigenvalue weighted by Gasteiger charge is -2.31. The van der Waals surface area contributed by atoms with Crippen LogP contribution in [0.15, 0.2) is 48.5 Å². The van der Waals surface area contributed by atoms with E-state index in [-0.39, 0.29) is 11.2 Å². The minimum Gasteiger partial charge on any atom is -0.207 e. The van der Waals surface area contributed by atoms with Gasteiger partial charge in [0.25, 0.3) is 0 Å². The highest BCUT2D eigenvalue weighted by molar-refractivity contribution is 9.09. The van der Waals surface area contributed by atoms with E-state index in [4.69, 9.17) is 0 Å². The van der Waals surface area contributed by atoms with E-state index in [9.17, 15) is 4.39 Å². The lowest BCUT2D eigenvalue weighted by molar-refractivity contribution is 0.547. The Labute approximate surface area is 136 Å². The molecule has 0 spiro atoms. The average Bonchev–Trinajstić information content (AvgIpc) is 2.46. The first-order valence-electron chi connectivity index (χ1n) is 6.53. The van der Waals surface area contributed by atoms with Crippen molar-refractivity contribution in [3.63, 3.8) is 0 Å². The first-order valence-corrected chi connectivity index (χ1v) is 8.77. The Morgan fingerprint density at radius 1 is 1.00 bits per heavy atom. The maximum atomic E-state index is 13.1. The maximum absolute atomic E-state index is 13.1. The van der Waals surface area contributed by atoms with Crippen molar-refractivity contribution in [3.8, 4) is 0 Å². The van der Waals surface area contributed by atoms with Crippen LogP contribution in [0.4, 0.5) is 4.39 Å². The molecule has 106 valence electrons. The molecule has 0 saturated carbocycles. The summed E-state index contributed by atoms with van der Waals surface area (Å²) in [5.41, 5.74) is 3.64. The Bertz CT molecular complexity index is 559. The topological polar surface area (TPSA) is 0 Å². The van der Waals surface area contributed by atoms with Crippen LogP contribution < -0.4 is 0 Å². The number of halogens is 3.